The van der Waals surface area contributed by atoms with E-state index in [1.165, 1.54) is 6.07 Å². The molecule has 0 aromatic heterocycles. The highest BCUT2D eigenvalue weighted by molar-refractivity contribution is 7.92. The molecule has 26 heavy (non-hydrogen) atoms. The molecule has 6 nitrogen and oxygen atoms in total. The maximum absolute atomic E-state index is 12.5. The molecular weight excluding hydrogens is 352 g/mol. The van der Waals surface area contributed by atoms with Gasteiger partial charge in [-0.25, -0.2) is 8.42 Å². The molecule has 0 fully saturated rings. The highest BCUT2D eigenvalue weighted by Gasteiger charge is 2.14. The summed E-state index contributed by atoms with van der Waals surface area (Å²) in [4.78, 5) is 11.4. The average Bonchev–Trinajstić information content (AvgIpc) is 2.60. The molecule has 0 radical (unpaired) electrons. The third-order valence-electron chi connectivity index (χ3n) is 3.79. The minimum absolute atomic E-state index is 0.176. The fraction of sp³-hybridized carbons (Fsp3) is 0.316. The van der Waals surface area contributed by atoms with Gasteiger partial charge in [0.05, 0.1) is 10.6 Å². The van der Waals surface area contributed by atoms with Crippen molar-refractivity contribution in [1.29, 1.82) is 0 Å². The van der Waals surface area contributed by atoms with Gasteiger partial charge in [0.1, 0.15) is 6.61 Å². The number of aliphatic hydroxyl groups is 1. The zero-order valence-electron chi connectivity index (χ0n) is 14.9. The summed E-state index contributed by atoms with van der Waals surface area (Å²) in [6.07, 6.45) is 1.97. The van der Waals surface area contributed by atoms with Gasteiger partial charge in [-0.15, -0.1) is 0 Å². The molecule has 2 aromatic carbocycles. The summed E-state index contributed by atoms with van der Waals surface area (Å²) >= 11 is 0. The van der Waals surface area contributed by atoms with Crippen molar-refractivity contribution in [2.75, 3.05) is 16.6 Å². The van der Waals surface area contributed by atoms with E-state index >= 15 is 0 Å². The quantitative estimate of drug-likeness (QED) is 0.660. The summed E-state index contributed by atoms with van der Waals surface area (Å²) in [5, 5.41) is 11.2. The number of nitrogens with one attached hydrogen (secondary N) is 2. The molecule has 0 bridgehead atoms. The Kier molecular flexibility index (Phi) is 6.76. The summed E-state index contributed by atoms with van der Waals surface area (Å²) in [7, 11) is -3.72. The summed E-state index contributed by atoms with van der Waals surface area (Å²) < 4.78 is 27.6. The third kappa shape index (κ3) is 5.86. The first-order chi connectivity index (χ1) is 12.3. The number of hydrogen-bond acceptors (Lipinski definition) is 4. The largest absolute Gasteiger partial charge is 0.387 e. The molecule has 0 aliphatic carbocycles. The number of anilines is 2. The van der Waals surface area contributed by atoms with E-state index in [9.17, 15) is 13.2 Å². The van der Waals surface area contributed by atoms with Crippen LogP contribution in [0.3, 0.4) is 0 Å². The van der Waals surface area contributed by atoms with Crippen LogP contribution < -0.4 is 10.0 Å². The Morgan fingerprint density at radius 2 is 1.73 bits per heavy atom. The van der Waals surface area contributed by atoms with Gasteiger partial charge in [0, 0.05) is 5.69 Å². The number of benzene rings is 2. The summed E-state index contributed by atoms with van der Waals surface area (Å²) in [5.41, 5.74) is 1.82. The van der Waals surface area contributed by atoms with Crippen LogP contribution in [0.15, 0.2) is 53.4 Å². The molecule has 0 atom stereocenters. The predicted octanol–water partition coefficient (Wildman–Crippen LogP) is 3.01. The average molecular weight is 376 g/mol. The highest BCUT2D eigenvalue weighted by Crippen LogP contribution is 2.20. The third-order valence-corrected chi connectivity index (χ3v) is 5.18. The van der Waals surface area contributed by atoms with Crippen LogP contribution in [-0.2, 0) is 21.2 Å². The lowest BCUT2D eigenvalue weighted by atomic mass is 10.0. The molecule has 0 saturated heterocycles. The van der Waals surface area contributed by atoms with Gasteiger partial charge in [0.25, 0.3) is 10.0 Å². The van der Waals surface area contributed by atoms with E-state index in [1.54, 1.807) is 30.3 Å². The second kappa shape index (κ2) is 8.82. The van der Waals surface area contributed by atoms with E-state index in [-0.39, 0.29) is 4.90 Å². The molecule has 0 spiro atoms. The second-order valence-corrected chi connectivity index (χ2v) is 8.15. The predicted molar refractivity (Wildman–Crippen MR) is 103 cm³/mol. The van der Waals surface area contributed by atoms with Gasteiger partial charge in [-0.05, 0) is 54.7 Å². The Morgan fingerprint density at radius 3 is 2.35 bits per heavy atom. The molecule has 7 heteroatoms. The molecule has 0 aliphatic heterocycles. The number of aliphatic hydroxyl groups excluding tert-OH is 1. The molecule has 0 aliphatic rings. The number of carbonyl (C=O) groups is 1. The second-order valence-electron chi connectivity index (χ2n) is 6.47. The maximum Gasteiger partial charge on any atom is 0.261 e. The smallest absolute Gasteiger partial charge is 0.261 e. The number of carbonyl (C=O) groups excluding carboxylic acids is 1. The number of sulfonamides is 1. The van der Waals surface area contributed by atoms with Crippen LogP contribution in [0.4, 0.5) is 11.4 Å². The highest BCUT2D eigenvalue weighted by atomic mass is 32.2. The number of rotatable bonds is 8. The molecule has 3 N–H and O–H groups in total. The van der Waals surface area contributed by atoms with Gasteiger partial charge in [-0.3, -0.25) is 9.52 Å². The van der Waals surface area contributed by atoms with Crippen LogP contribution in [0.25, 0.3) is 0 Å². The topological polar surface area (TPSA) is 95.5 Å². The van der Waals surface area contributed by atoms with Crippen LogP contribution >= 0.6 is 0 Å². The Labute approximate surface area is 154 Å². The summed E-state index contributed by atoms with van der Waals surface area (Å²) in [6.45, 7) is 3.67. The maximum atomic E-state index is 12.5. The normalized spacial score (nSPS) is 11.4. The van der Waals surface area contributed by atoms with Crippen molar-refractivity contribution in [1.82, 2.24) is 0 Å². The first-order valence-electron chi connectivity index (χ1n) is 8.42. The SMILES string of the molecule is CC(C)CCc1ccc(S(=O)(=O)Nc2cccc(NC(=O)CO)c2)cc1. The van der Waals surface area contributed by atoms with E-state index in [2.05, 4.69) is 23.9 Å². The van der Waals surface area contributed by atoms with E-state index in [4.69, 9.17) is 5.11 Å². The summed E-state index contributed by atoms with van der Waals surface area (Å²) in [6, 6.07) is 13.1. The van der Waals surface area contributed by atoms with Crippen molar-refractivity contribution in [2.24, 2.45) is 5.92 Å². The molecule has 0 unspecified atom stereocenters. The van der Waals surface area contributed by atoms with Gasteiger partial charge in [0.2, 0.25) is 5.91 Å². The van der Waals surface area contributed by atoms with E-state index in [1.807, 2.05) is 12.1 Å². The standard InChI is InChI=1S/C19H24N2O4S/c1-14(2)6-7-15-8-10-18(11-9-15)26(24,25)21-17-5-3-4-16(12-17)20-19(23)13-22/h3-5,8-12,14,21-22H,6-7,13H2,1-2H3,(H,20,23). The van der Waals surface area contributed by atoms with E-state index in [0.717, 1.165) is 18.4 Å². The van der Waals surface area contributed by atoms with Crippen LogP contribution in [0.5, 0.6) is 0 Å². The minimum Gasteiger partial charge on any atom is -0.387 e. The van der Waals surface area contributed by atoms with Crippen LogP contribution in [0.1, 0.15) is 25.8 Å². The molecule has 0 saturated carbocycles. The molecular formula is C19H24N2O4S. The van der Waals surface area contributed by atoms with Gasteiger partial charge in [-0.2, -0.15) is 0 Å². The Balaban J connectivity index is 2.10. The zero-order valence-corrected chi connectivity index (χ0v) is 15.7. The van der Waals surface area contributed by atoms with Gasteiger partial charge >= 0.3 is 0 Å². The Bertz CT molecular complexity index is 846. The monoisotopic (exact) mass is 376 g/mol. The zero-order chi connectivity index (χ0) is 19.2. The van der Waals surface area contributed by atoms with Crippen LogP contribution in [0.2, 0.25) is 0 Å². The van der Waals surface area contributed by atoms with Crippen molar-refractivity contribution in [3.05, 3.63) is 54.1 Å². The number of aryl methyl sites for hydroxylation is 1. The number of hydrogen-bond donors (Lipinski definition) is 3. The molecule has 2 rings (SSSR count). The first-order valence-corrected chi connectivity index (χ1v) is 9.91. The van der Waals surface area contributed by atoms with Crippen molar-refractivity contribution >= 4 is 27.3 Å². The lowest BCUT2D eigenvalue weighted by molar-refractivity contribution is -0.118. The van der Waals surface area contributed by atoms with Crippen molar-refractivity contribution in [3.8, 4) is 0 Å². The Hall–Kier alpha value is -2.38. The van der Waals surface area contributed by atoms with E-state index < -0.39 is 22.5 Å². The van der Waals surface area contributed by atoms with Crippen LogP contribution in [0, 0.1) is 5.92 Å². The number of amides is 1. The Morgan fingerprint density at radius 1 is 1.08 bits per heavy atom. The first kappa shape index (κ1) is 19.9. The van der Waals surface area contributed by atoms with E-state index in [0.29, 0.717) is 17.3 Å². The van der Waals surface area contributed by atoms with Crippen molar-refractivity contribution in [2.45, 2.75) is 31.6 Å². The fourth-order valence-electron chi connectivity index (χ4n) is 2.37. The fourth-order valence-corrected chi connectivity index (χ4v) is 3.42. The molecule has 140 valence electrons. The van der Waals surface area contributed by atoms with Gasteiger partial charge < -0.3 is 10.4 Å². The lowest BCUT2D eigenvalue weighted by Gasteiger charge is -2.11. The van der Waals surface area contributed by atoms with Crippen LogP contribution in [-0.4, -0.2) is 26.0 Å². The molecule has 1 amide bonds. The van der Waals surface area contributed by atoms with Crippen molar-refractivity contribution < 1.29 is 18.3 Å². The minimum atomic E-state index is -3.72. The van der Waals surface area contributed by atoms with Gasteiger partial charge in [-0.1, -0.05) is 32.0 Å². The molecule has 2 aromatic rings. The lowest BCUT2D eigenvalue weighted by Crippen LogP contribution is -2.16. The van der Waals surface area contributed by atoms with Crippen molar-refractivity contribution in [3.63, 3.8) is 0 Å². The van der Waals surface area contributed by atoms with Gasteiger partial charge in [0.15, 0.2) is 0 Å². The molecule has 0 heterocycles. The summed E-state index contributed by atoms with van der Waals surface area (Å²) in [5.74, 6) is 0.0284.